The second-order valence-electron chi connectivity index (χ2n) is 4.67. The maximum Gasteiger partial charge on any atom is 0.236 e. The van der Waals surface area contributed by atoms with Crippen molar-refractivity contribution in [2.45, 2.75) is 19.6 Å². The van der Waals surface area contributed by atoms with E-state index in [2.05, 4.69) is 4.72 Å². The third kappa shape index (κ3) is 3.83. The van der Waals surface area contributed by atoms with Gasteiger partial charge in [0.05, 0.1) is 11.4 Å². The summed E-state index contributed by atoms with van der Waals surface area (Å²) in [4.78, 5) is 0. The molecule has 2 rings (SSSR count). The van der Waals surface area contributed by atoms with Gasteiger partial charge in [0.2, 0.25) is 10.0 Å². The lowest BCUT2D eigenvalue weighted by molar-refractivity contribution is 0.600. The van der Waals surface area contributed by atoms with Gasteiger partial charge < -0.3 is 0 Å². The molecule has 19 heavy (non-hydrogen) atoms. The van der Waals surface area contributed by atoms with Gasteiger partial charge in [0, 0.05) is 0 Å². The van der Waals surface area contributed by atoms with Crippen LogP contribution in [0.5, 0.6) is 0 Å². The molecule has 4 heteroatoms. The first-order valence-corrected chi connectivity index (χ1v) is 7.73. The van der Waals surface area contributed by atoms with Gasteiger partial charge in [-0.3, -0.25) is 4.72 Å². The van der Waals surface area contributed by atoms with Crippen molar-refractivity contribution in [3.8, 4) is 0 Å². The number of benzene rings is 2. The number of nitrogens with one attached hydrogen (secondary N) is 1. The molecule has 0 heterocycles. The minimum absolute atomic E-state index is 0.0109. The van der Waals surface area contributed by atoms with Crippen molar-refractivity contribution in [2.75, 3.05) is 4.72 Å². The van der Waals surface area contributed by atoms with Crippen molar-refractivity contribution < 1.29 is 8.42 Å². The summed E-state index contributed by atoms with van der Waals surface area (Å²) in [6.07, 6.45) is 0. The highest BCUT2D eigenvalue weighted by Gasteiger charge is 2.12. The quantitative estimate of drug-likeness (QED) is 0.931. The van der Waals surface area contributed by atoms with Crippen LogP contribution in [0.4, 0.5) is 5.69 Å². The normalized spacial score (nSPS) is 11.3. The lowest BCUT2D eigenvalue weighted by Gasteiger charge is -2.10. The average molecular weight is 275 g/mol. The zero-order valence-electron chi connectivity index (χ0n) is 11.1. The molecule has 0 saturated carbocycles. The summed E-state index contributed by atoms with van der Waals surface area (Å²) >= 11 is 0. The van der Waals surface area contributed by atoms with Crippen molar-refractivity contribution in [1.82, 2.24) is 0 Å². The Bertz CT molecular complexity index is 678. The zero-order chi connectivity index (χ0) is 13.9. The Balaban J connectivity index is 2.18. The third-order valence-electron chi connectivity index (χ3n) is 2.85. The Morgan fingerprint density at radius 2 is 1.74 bits per heavy atom. The molecule has 0 amide bonds. The lowest BCUT2D eigenvalue weighted by atomic mass is 10.2. The molecule has 1 N–H and O–H groups in total. The van der Waals surface area contributed by atoms with Crippen LogP contribution in [0, 0.1) is 13.8 Å². The van der Waals surface area contributed by atoms with Crippen LogP contribution in [-0.4, -0.2) is 8.42 Å². The third-order valence-corrected chi connectivity index (χ3v) is 4.09. The van der Waals surface area contributed by atoms with Gasteiger partial charge in [0.1, 0.15) is 0 Å². The van der Waals surface area contributed by atoms with Crippen molar-refractivity contribution in [3.63, 3.8) is 0 Å². The van der Waals surface area contributed by atoms with E-state index in [-0.39, 0.29) is 5.75 Å². The average Bonchev–Trinajstić information content (AvgIpc) is 2.31. The van der Waals surface area contributed by atoms with Crippen LogP contribution in [0.25, 0.3) is 0 Å². The number of hydrogen-bond donors (Lipinski definition) is 1. The van der Waals surface area contributed by atoms with Gasteiger partial charge in [-0.15, -0.1) is 0 Å². The molecule has 0 unspecified atom stereocenters. The number of anilines is 1. The predicted octanol–water partition coefficient (Wildman–Crippen LogP) is 3.25. The van der Waals surface area contributed by atoms with Crippen LogP contribution in [0.3, 0.4) is 0 Å². The number of para-hydroxylation sites is 1. The molecule has 0 bridgehead atoms. The van der Waals surface area contributed by atoms with Gasteiger partial charge in [-0.2, -0.15) is 0 Å². The molecule has 0 atom stereocenters. The van der Waals surface area contributed by atoms with Gasteiger partial charge in [-0.05, 0) is 31.0 Å². The van der Waals surface area contributed by atoms with Gasteiger partial charge in [0.15, 0.2) is 0 Å². The fourth-order valence-electron chi connectivity index (χ4n) is 1.91. The first-order valence-electron chi connectivity index (χ1n) is 6.08. The molecule has 2 aromatic rings. The molecule has 3 nitrogen and oxygen atoms in total. The van der Waals surface area contributed by atoms with E-state index in [1.165, 1.54) is 0 Å². The number of aryl methyl sites for hydroxylation is 2. The van der Waals surface area contributed by atoms with Gasteiger partial charge in [-0.1, -0.05) is 48.0 Å². The van der Waals surface area contributed by atoms with E-state index < -0.39 is 10.0 Å². The van der Waals surface area contributed by atoms with Crippen molar-refractivity contribution >= 4 is 15.7 Å². The van der Waals surface area contributed by atoms with Crippen LogP contribution in [0.15, 0.2) is 48.5 Å². The summed E-state index contributed by atoms with van der Waals surface area (Å²) in [5, 5.41) is 0. The minimum atomic E-state index is -3.38. The highest BCUT2D eigenvalue weighted by Crippen LogP contribution is 2.17. The van der Waals surface area contributed by atoms with E-state index in [4.69, 9.17) is 0 Å². The minimum Gasteiger partial charge on any atom is -0.283 e. The first kappa shape index (κ1) is 13.6. The highest BCUT2D eigenvalue weighted by molar-refractivity contribution is 7.91. The Morgan fingerprint density at radius 1 is 1.00 bits per heavy atom. The van der Waals surface area contributed by atoms with E-state index in [0.29, 0.717) is 5.69 Å². The summed E-state index contributed by atoms with van der Waals surface area (Å²) in [6, 6.07) is 14.9. The van der Waals surface area contributed by atoms with E-state index in [1.807, 2.05) is 56.3 Å². The SMILES string of the molecule is Cc1cccc(CS(=O)(=O)Nc2ccccc2C)c1. The molecular weight excluding hydrogens is 258 g/mol. The smallest absolute Gasteiger partial charge is 0.236 e. The molecule has 0 saturated heterocycles. The van der Waals surface area contributed by atoms with Crippen LogP contribution in [0.2, 0.25) is 0 Å². The maximum absolute atomic E-state index is 12.1. The van der Waals surface area contributed by atoms with Crippen molar-refractivity contribution in [2.24, 2.45) is 0 Å². The number of hydrogen-bond acceptors (Lipinski definition) is 2. The summed E-state index contributed by atoms with van der Waals surface area (Å²) in [5.41, 5.74) is 3.40. The van der Waals surface area contributed by atoms with E-state index >= 15 is 0 Å². The zero-order valence-corrected chi connectivity index (χ0v) is 11.9. The molecule has 0 fully saturated rings. The summed E-state index contributed by atoms with van der Waals surface area (Å²) in [7, 11) is -3.38. The van der Waals surface area contributed by atoms with Gasteiger partial charge in [-0.25, -0.2) is 8.42 Å². The molecule has 0 aromatic heterocycles. The monoisotopic (exact) mass is 275 g/mol. The van der Waals surface area contributed by atoms with Crippen LogP contribution in [-0.2, 0) is 15.8 Å². The standard InChI is InChI=1S/C15H17NO2S/c1-12-6-5-8-14(10-12)11-19(17,18)16-15-9-4-3-7-13(15)2/h3-10,16H,11H2,1-2H3. The Morgan fingerprint density at radius 3 is 2.42 bits per heavy atom. The molecule has 2 aromatic carbocycles. The molecule has 0 aliphatic rings. The number of rotatable bonds is 4. The molecule has 0 radical (unpaired) electrons. The van der Waals surface area contributed by atoms with E-state index in [1.54, 1.807) is 6.07 Å². The second-order valence-corrected chi connectivity index (χ2v) is 6.39. The Labute approximate surface area is 114 Å². The largest absolute Gasteiger partial charge is 0.283 e. The van der Waals surface area contributed by atoms with Gasteiger partial charge in [0.25, 0.3) is 0 Å². The summed E-state index contributed by atoms with van der Waals surface area (Å²) in [5.74, 6) is -0.0109. The Hall–Kier alpha value is -1.81. The predicted molar refractivity (Wildman–Crippen MR) is 78.6 cm³/mol. The molecule has 0 aliphatic carbocycles. The van der Waals surface area contributed by atoms with Crippen LogP contribution < -0.4 is 4.72 Å². The fourth-order valence-corrected chi connectivity index (χ4v) is 3.17. The maximum atomic E-state index is 12.1. The van der Waals surface area contributed by atoms with Crippen molar-refractivity contribution in [3.05, 3.63) is 65.2 Å². The topological polar surface area (TPSA) is 46.2 Å². The van der Waals surface area contributed by atoms with E-state index in [9.17, 15) is 8.42 Å². The second kappa shape index (κ2) is 5.45. The van der Waals surface area contributed by atoms with Gasteiger partial charge >= 0.3 is 0 Å². The lowest BCUT2D eigenvalue weighted by Crippen LogP contribution is -2.15. The number of sulfonamides is 1. The van der Waals surface area contributed by atoms with Crippen LogP contribution >= 0.6 is 0 Å². The molecular formula is C15H17NO2S. The molecule has 100 valence electrons. The highest BCUT2D eigenvalue weighted by atomic mass is 32.2. The van der Waals surface area contributed by atoms with E-state index in [0.717, 1.165) is 16.7 Å². The Kier molecular flexibility index (Phi) is 3.90. The summed E-state index contributed by atoms with van der Waals surface area (Å²) in [6.45, 7) is 3.83. The fraction of sp³-hybridized carbons (Fsp3) is 0.200. The first-order chi connectivity index (χ1) is 8.96. The van der Waals surface area contributed by atoms with Crippen molar-refractivity contribution in [1.29, 1.82) is 0 Å². The summed E-state index contributed by atoms with van der Waals surface area (Å²) < 4.78 is 26.9. The molecule has 0 spiro atoms. The molecule has 0 aliphatic heterocycles. The van der Waals surface area contributed by atoms with Crippen LogP contribution in [0.1, 0.15) is 16.7 Å².